The van der Waals surface area contributed by atoms with E-state index in [0.29, 0.717) is 5.75 Å². The summed E-state index contributed by atoms with van der Waals surface area (Å²) in [5, 5.41) is 0. The molecule has 0 aliphatic heterocycles. The van der Waals surface area contributed by atoms with Crippen molar-refractivity contribution in [1.29, 1.82) is 0 Å². The first-order valence-corrected chi connectivity index (χ1v) is 8.68. The van der Waals surface area contributed by atoms with E-state index in [-0.39, 0.29) is 5.48 Å². The molecule has 0 bridgehead atoms. The van der Waals surface area contributed by atoms with Crippen LogP contribution in [0.25, 0.3) is 0 Å². The lowest BCUT2D eigenvalue weighted by Crippen LogP contribution is -1.92. The van der Waals surface area contributed by atoms with Crippen LogP contribution in [0.4, 0.5) is 0 Å². The van der Waals surface area contributed by atoms with E-state index in [9.17, 15) is 4.89 Å². The highest BCUT2D eigenvalue weighted by Gasteiger charge is 2.11. The second-order valence-corrected chi connectivity index (χ2v) is 8.38. The highest BCUT2D eigenvalue weighted by atomic mass is 32.9. The SMILES string of the molecule is CCCCc1ccccc1OP(O)(=S)S.O. The topological polar surface area (TPSA) is 61.0 Å². The van der Waals surface area contributed by atoms with E-state index in [1.54, 1.807) is 0 Å². The second-order valence-electron chi connectivity index (χ2n) is 3.29. The zero-order valence-corrected chi connectivity index (χ0v) is 11.7. The minimum absolute atomic E-state index is 0. The number of hydrogen-bond acceptors (Lipinski definition) is 2. The monoisotopic (exact) mass is 280 g/mol. The van der Waals surface area contributed by atoms with Crippen LogP contribution in [0.15, 0.2) is 24.3 Å². The molecule has 0 amide bonds. The summed E-state index contributed by atoms with van der Waals surface area (Å²) < 4.78 is 5.28. The van der Waals surface area contributed by atoms with Gasteiger partial charge in [-0.15, -0.1) is 0 Å². The molecule has 1 aromatic rings. The Morgan fingerprint density at radius 1 is 1.44 bits per heavy atom. The third kappa shape index (κ3) is 5.87. The van der Waals surface area contributed by atoms with Crippen LogP contribution in [0.2, 0.25) is 0 Å². The van der Waals surface area contributed by atoms with Crippen LogP contribution in [0.3, 0.4) is 0 Å². The fourth-order valence-corrected chi connectivity index (χ4v) is 2.23. The van der Waals surface area contributed by atoms with E-state index in [0.717, 1.165) is 24.8 Å². The Balaban J connectivity index is 0.00000225. The van der Waals surface area contributed by atoms with Crippen molar-refractivity contribution in [2.45, 2.75) is 26.2 Å². The molecule has 0 radical (unpaired) electrons. The van der Waals surface area contributed by atoms with Gasteiger partial charge in [0.25, 0.3) is 5.69 Å². The Morgan fingerprint density at radius 3 is 2.62 bits per heavy atom. The van der Waals surface area contributed by atoms with Crippen LogP contribution >= 0.6 is 17.9 Å². The van der Waals surface area contributed by atoms with E-state index in [2.05, 4.69) is 19.2 Å². The lowest BCUT2D eigenvalue weighted by Gasteiger charge is -2.14. The molecule has 0 spiro atoms. The van der Waals surface area contributed by atoms with Crippen molar-refractivity contribution in [3.05, 3.63) is 29.8 Å². The van der Waals surface area contributed by atoms with Gasteiger partial charge in [-0.25, -0.2) is 0 Å². The molecule has 0 fully saturated rings. The van der Waals surface area contributed by atoms with Crippen molar-refractivity contribution in [2.24, 2.45) is 0 Å². The van der Waals surface area contributed by atoms with E-state index >= 15 is 0 Å². The molecule has 0 saturated heterocycles. The first-order valence-electron chi connectivity index (χ1n) is 4.86. The van der Waals surface area contributed by atoms with Gasteiger partial charge in [0, 0.05) is 0 Å². The Bertz CT molecular complexity index is 365. The van der Waals surface area contributed by atoms with E-state index < -0.39 is 5.69 Å². The number of hydrogen-bond donors (Lipinski definition) is 2. The Morgan fingerprint density at radius 2 is 2.06 bits per heavy atom. The quantitative estimate of drug-likeness (QED) is 0.644. The molecular weight excluding hydrogens is 263 g/mol. The molecule has 1 atom stereocenters. The minimum Gasteiger partial charge on any atom is -0.436 e. The van der Waals surface area contributed by atoms with E-state index in [1.165, 1.54) is 0 Å². The smallest absolute Gasteiger partial charge is 0.291 e. The second kappa shape index (κ2) is 7.30. The van der Waals surface area contributed by atoms with Crippen LogP contribution in [0.5, 0.6) is 5.75 Å². The highest BCUT2D eigenvalue weighted by Crippen LogP contribution is 2.48. The van der Waals surface area contributed by atoms with Crippen molar-refractivity contribution in [2.75, 3.05) is 0 Å². The molecular formula is C10H17O3PS2. The molecule has 1 rings (SSSR count). The molecule has 1 aromatic carbocycles. The molecule has 6 heteroatoms. The summed E-state index contributed by atoms with van der Waals surface area (Å²) in [6.07, 6.45) is 3.17. The van der Waals surface area contributed by atoms with Crippen molar-refractivity contribution >= 4 is 29.7 Å². The largest absolute Gasteiger partial charge is 0.436 e. The Kier molecular flexibility index (Phi) is 7.27. The van der Waals surface area contributed by atoms with Gasteiger partial charge >= 0.3 is 0 Å². The highest BCUT2D eigenvalue weighted by molar-refractivity contribution is 8.59. The van der Waals surface area contributed by atoms with E-state index in [1.807, 2.05) is 24.3 Å². The number of rotatable bonds is 5. The molecule has 0 aromatic heterocycles. The maximum Gasteiger partial charge on any atom is 0.291 e. The zero-order valence-electron chi connectivity index (χ0n) is 9.09. The van der Waals surface area contributed by atoms with Crippen LogP contribution in [-0.2, 0) is 18.2 Å². The molecule has 1 unspecified atom stereocenters. The third-order valence-electron chi connectivity index (χ3n) is 1.99. The van der Waals surface area contributed by atoms with Gasteiger partial charge in [0.2, 0.25) is 0 Å². The standard InChI is InChI=1S/C10H15O2PS2.H2O/c1-2-3-6-9-7-4-5-8-10(9)12-13(11,14)15;/h4-5,7-8H,2-3,6H2,1H3,(H2,11,14,15);1H2. The zero-order chi connectivity index (χ0) is 11.3. The maximum atomic E-state index is 9.39. The van der Waals surface area contributed by atoms with Crippen molar-refractivity contribution in [3.8, 4) is 5.75 Å². The lowest BCUT2D eigenvalue weighted by atomic mass is 10.1. The van der Waals surface area contributed by atoms with Crippen LogP contribution < -0.4 is 4.52 Å². The molecule has 92 valence electrons. The first kappa shape index (κ1) is 15.9. The number of thiol groups is 1. The molecule has 3 N–H and O–H groups in total. The Hall–Kier alpha value is -0.0600. The normalized spacial score (nSPS) is 13.7. The number of unbranched alkanes of at least 4 members (excludes halogenated alkanes) is 1. The average molecular weight is 280 g/mol. The summed E-state index contributed by atoms with van der Waals surface area (Å²) in [4.78, 5) is 9.39. The van der Waals surface area contributed by atoms with Gasteiger partial charge in [0.1, 0.15) is 5.75 Å². The average Bonchev–Trinajstić information content (AvgIpc) is 2.14. The molecule has 0 heterocycles. The molecule has 0 saturated carbocycles. The maximum absolute atomic E-state index is 9.39. The fourth-order valence-electron chi connectivity index (χ4n) is 1.29. The molecule has 0 aliphatic carbocycles. The van der Waals surface area contributed by atoms with Crippen molar-refractivity contribution < 1.29 is 14.9 Å². The number of benzene rings is 1. The minimum atomic E-state index is -2.92. The van der Waals surface area contributed by atoms with E-state index in [4.69, 9.17) is 16.3 Å². The molecule has 3 nitrogen and oxygen atoms in total. The van der Waals surface area contributed by atoms with Gasteiger partial charge in [-0.1, -0.05) is 43.8 Å². The van der Waals surface area contributed by atoms with Crippen LogP contribution in [0, 0.1) is 0 Å². The lowest BCUT2D eigenvalue weighted by molar-refractivity contribution is 0.500. The Labute approximate surface area is 106 Å². The molecule has 0 aliphatic rings. The van der Waals surface area contributed by atoms with Gasteiger partial charge in [0.15, 0.2) is 0 Å². The summed E-state index contributed by atoms with van der Waals surface area (Å²) in [6.45, 7) is 2.14. The van der Waals surface area contributed by atoms with Crippen LogP contribution in [-0.4, -0.2) is 10.4 Å². The summed E-state index contributed by atoms with van der Waals surface area (Å²) in [7, 11) is 0. The fraction of sp³-hybridized carbons (Fsp3) is 0.400. The van der Waals surface area contributed by atoms with Gasteiger partial charge in [-0.3, -0.25) is 0 Å². The van der Waals surface area contributed by atoms with Crippen LogP contribution in [0.1, 0.15) is 25.3 Å². The first-order chi connectivity index (χ1) is 7.03. The number of aryl methyl sites for hydroxylation is 1. The summed E-state index contributed by atoms with van der Waals surface area (Å²) in [5.41, 5.74) is -1.84. The number of para-hydroxylation sites is 1. The van der Waals surface area contributed by atoms with Gasteiger partial charge in [0.05, 0.1) is 0 Å². The summed E-state index contributed by atoms with van der Waals surface area (Å²) >= 11 is 8.61. The summed E-state index contributed by atoms with van der Waals surface area (Å²) in [6, 6.07) is 7.63. The molecule has 16 heavy (non-hydrogen) atoms. The van der Waals surface area contributed by atoms with Gasteiger partial charge in [-0.05, 0) is 36.3 Å². The predicted molar refractivity (Wildman–Crippen MR) is 74.8 cm³/mol. The summed E-state index contributed by atoms with van der Waals surface area (Å²) in [5.74, 6) is 0.659. The third-order valence-corrected chi connectivity index (χ3v) is 2.89. The van der Waals surface area contributed by atoms with Crippen molar-refractivity contribution in [1.82, 2.24) is 0 Å². The van der Waals surface area contributed by atoms with Gasteiger partial charge in [-0.2, -0.15) is 0 Å². The van der Waals surface area contributed by atoms with Crippen molar-refractivity contribution in [3.63, 3.8) is 0 Å². The predicted octanol–water partition coefficient (Wildman–Crippen LogP) is 2.73. The van der Waals surface area contributed by atoms with Gasteiger partial charge < -0.3 is 14.9 Å².